The number of carbonyl (C=O) groups is 1. The van der Waals surface area contributed by atoms with Crippen molar-refractivity contribution in [3.63, 3.8) is 0 Å². The van der Waals surface area contributed by atoms with E-state index < -0.39 is 0 Å². The van der Waals surface area contributed by atoms with Gasteiger partial charge in [-0.3, -0.25) is 4.79 Å². The molecule has 0 aliphatic carbocycles. The number of ether oxygens (including phenoxy) is 1. The number of methoxy groups -OCH3 is 1. The van der Waals surface area contributed by atoms with Crippen LogP contribution in [-0.2, 0) is 0 Å². The molecule has 0 saturated heterocycles. The Morgan fingerprint density at radius 1 is 1.00 bits per heavy atom. The maximum absolute atomic E-state index is 12.1. The highest BCUT2D eigenvalue weighted by Gasteiger charge is 2.07. The summed E-state index contributed by atoms with van der Waals surface area (Å²) in [6, 6.07) is 15.0. The van der Waals surface area contributed by atoms with Crippen molar-refractivity contribution in [2.75, 3.05) is 12.4 Å². The smallest absolute Gasteiger partial charge is 0.255 e. The van der Waals surface area contributed by atoms with E-state index in [1.54, 1.807) is 7.11 Å². The number of hydrogen-bond acceptors (Lipinski definition) is 2. The Labute approximate surface area is 119 Å². The quantitative estimate of drug-likeness (QED) is 0.908. The highest BCUT2D eigenvalue weighted by atomic mass is 16.5. The lowest BCUT2D eigenvalue weighted by atomic mass is 10.0. The maximum atomic E-state index is 12.1. The van der Waals surface area contributed by atoms with Crippen molar-refractivity contribution in [1.29, 1.82) is 0 Å². The monoisotopic (exact) mass is 269 g/mol. The first-order chi connectivity index (χ1) is 9.60. The van der Waals surface area contributed by atoms with Crippen molar-refractivity contribution < 1.29 is 9.53 Å². The van der Waals surface area contributed by atoms with Crippen molar-refractivity contribution in [3.8, 4) is 5.75 Å². The van der Waals surface area contributed by atoms with Crippen LogP contribution in [0.2, 0.25) is 0 Å². The maximum Gasteiger partial charge on any atom is 0.255 e. The zero-order chi connectivity index (χ0) is 14.5. The molecule has 3 heteroatoms. The zero-order valence-corrected chi connectivity index (χ0v) is 12.0. The molecular weight excluding hydrogens is 250 g/mol. The van der Waals surface area contributed by atoms with Gasteiger partial charge in [0.25, 0.3) is 5.91 Å². The lowest BCUT2D eigenvalue weighted by Crippen LogP contribution is -2.11. The molecule has 0 saturated carbocycles. The van der Waals surface area contributed by atoms with Gasteiger partial charge in [-0.2, -0.15) is 0 Å². The van der Waals surface area contributed by atoms with Crippen molar-refractivity contribution >= 4 is 11.6 Å². The minimum absolute atomic E-state index is 0.106. The number of rotatable bonds is 4. The molecule has 0 radical (unpaired) electrons. The fourth-order valence-electron chi connectivity index (χ4n) is 1.90. The van der Waals surface area contributed by atoms with E-state index in [0.717, 1.165) is 11.4 Å². The van der Waals surface area contributed by atoms with Gasteiger partial charge in [0.1, 0.15) is 5.75 Å². The Kier molecular flexibility index (Phi) is 4.41. The third-order valence-electron chi connectivity index (χ3n) is 3.19. The summed E-state index contributed by atoms with van der Waals surface area (Å²) in [7, 11) is 1.61. The SMILES string of the molecule is COc1ccc(NC(=O)c2ccc(C(C)C)cc2)cc1. The summed E-state index contributed by atoms with van der Waals surface area (Å²) in [6.07, 6.45) is 0. The number of carbonyl (C=O) groups excluding carboxylic acids is 1. The molecule has 0 heterocycles. The van der Waals surface area contributed by atoms with Crippen LogP contribution in [0.5, 0.6) is 5.75 Å². The van der Waals surface area contributed by atoms with Crippen LogP contribution in [0.15, 0.2) is 48.5 Å². The van der Waals surface area contributed by atoms with E-state index in [1.165, 1.54) is 5.56 Å². The van der Waals surface area contributed by atoms with Crippen LogP contribution in [-0.4, -0.2) is 13.0 Å². The second-order valence-corrected chi connectivity index (χ2v) is 4.96. The molecule has 20 heavy (non-hydrogen) atoms. The molecule has 1 N–H and O–H groups in total. The largest absolute Gasteiger partial charge is 0.497 e. The molecule has 0 spiro atoms. The van der Waals surface area contributed by atoms with Gasteiger partial charge < -0.3 is 10.1 Å². The van der Waals surface area contributed by atoms with Gasteiger partial charge in [-0.05, 0) is 47.9 Å². The van der Waals surface area contributed by atoms with E-state index in [0.29, 0.717) is 11.5 Å². The third kappa shape index (κ3) is 3.38. The number of benzene rings is 2. The van der Waals surface area contributed by atoms with E-state index in [9.17, 15) is 4.79 Å². The molecule has 0 aliphatic rings. The van der Waals surface area contributed by atoms with Gasteiger partial charge in [0.05, 0.1) is 7.11 Å². The molecule has 2 rings (SSSR count). The molecule has 0 aliphatic heterocycles. The molecule has 1 amide bonds. The third-order valence-corrected chi connectivity index (χ3v) is 3.19. The Morgan fingerprint density at radius 3 is 2.10 bits per heavy atom. The Morgan fingerprint density at radius 2 is 1.60 bits per heavy atom. The molecule has 0 bridgehead atoms. The number of nitrogens with one attached hydrogen (secondary N) is 1. The summed E-state index contributed by atoms with van der Waals surface area (Å²) >= 11 is 0. The molecule has 0 fully saturated rings. The topological polar surface area (TPSA) is 38.3 Å². The van der Waals surface area contributed by atoms with Gasteiger partial charge in [0.15, 0.2) is 0 Å². The predicted molar refractivity (Wildman–Crippen MR) is 81.5 cm³/mol. The van der Waals surface area contributed by atoms with Crippen LogP contribution in [0.1, 0.15) is 35.7 Å². The van der Waals surface area contributed by atoms with Crippen molar-refractivity contribution in [2.24, 2.45) is 0 Å². The summed E-state index contributed by atoms with van der Waals surface area (Å²) in [5.74, 6) is 1.13. The van der Waals surface area contributed by atoms with Crippen LogP contribution < -0.4 is 10.1 Å². The van der Waals surface area contributed by atoms with Gasteiger partial charge >= 0.3 is 0 Å². The number of amides is 1. The number of anilines is 1. The van der Waals surface area contributed by atoms with Crippen molar-refractivity contribution in [1.82, 2.24) is 0 Å². The highest BCUT2D eigenvalue weighted by molar-refractivity contribution is 6.04. The molecule has 2 aromatic rings. The zero-order valence-electron chi connectivity index (χ0n) is 12.0. The highest BCUT2D eigenvalue weighted by Crippen LogP contribution is 2.17. The first kappa shape index (κ1) is 14.1. The average molecular weight is 269 g/mol. The molecular formula is C17H19NO2. The minimum Gasteiger partial charge on any atom is -0.497 e. The second kappa shape index (κ2) is 6.24. The van der Waals surface area contributed by atoms with Crippen LogP contribution >= 0.6 is 0 Å². The average Bonchev–Trinajstić information content (AvgIpc) is 2.48. The van der Waals surface area contributed by atoms with Gasteiger partial charge in [0.2, 0.25) is 0 Å². The summed E-state index contributed by atoms with van der Waals surface area (Å²) < 4.78 is 5.08. The van der Waals surface area contributed by atoms with Crippen LogP contribution in [0.4, 0.5) is 5.69 Å². The van der Waals surface area contributed by atoms with Crippen LogP contribution in [0, 0.1) is 0 Å². The minimum atomic E-state index is -0.106. The van der Waals surface area contributed by atoms with Crippen molar-refractivity contribution in [2.45, 2.75) is 19.8 Å². The fourth-order valence-corrected chi connectivity index (χ4v) is 1.90. The van der Waals surface area contributed by atoms with E-state index in [1.807, 2.05) is 48.5 Å². The molecule has 0 aromatic heterocycles. The Bertz CT molecular complexity index is 571. The molecule has 3 nitrogen and oxygen atoms in total. The Hall–Kier alpha value is -2.29. The van der Waals surface area contributed by atoms with Gasteiger partial charge in [0, 0.05) is 11.3 Å². The molecule has 104 valence electrons. The lowest BCUT2D eigenvalue weighted by Gasteiger charge is -2.08. The summed E-state index contributed by atoms with van der Waals surface area (Å²) in [5, 5.41) is 2.86. The first-order valence-corrected chi connectivity index (χ1v) is 6.65. The normalized spacial score (nSPS) is 10.4. The summed E-state index contributed by atoms with van der Waals surface area (Å²) in [6.45, 7) is 4.26. The lowest BCUT2D eigenvalue weighted by molar-refractivity contribution is 0.102. The van der Waals surface area contributed by atoms with E-state index in [2.05, 4.69) is 19.2 Å². The summed E-state index contributed by atoms with van der Waals surface area (Å²) in [4.78, 5) is 12.1. The van der Waals surface area contributed by atoms with Crippen molar-refractivity contribution in [3.05, 3.63) is 59.7 Å². The molecule has 0 unspecified atom stereocenters. The van der Waals surface area contributed by atoms with Gasteiger partial charge in [-0.1, -0.05) is 26.0 Å². The van der Waals surface area contributed by atoms with E-state index in [4.69, 9.17) is 4.74 Å². The van der Waals surface area contributed by atoms with Crippen LogP contribution in [0.3, 0.4) is 0 Å². The van der Waals surface area contributed by atoms with E-state index >= 15 is 0 Å². The fraction of sp³-hybridized carbons (Fsp3) is 0.235. The molecule has 2 aromatic carbocycles. The van der Waals surface area contributed by atoms with Gasteiger partial charge in [-0.15, -0.1) is 0 Å². The Balaban J connectivity index is 2.07. The molecule has 0 atom stereocenters. The number of hydrogen-bond donors (Lipinski definition) is 1. The predicted octanol–water partition coefficient (Wildman–Crippen LogP) is 4.07. The van der Waals surface area contributed by atoms with Gasteiger partial charge in [-0.25, -0.2) is 0 Å². The second-order valence-electron chi connectivity index (χ2n) is 4.96. The standard InChI is InChI=1S/C17H19NO2/c1-12(2)13-4-6-14(7-5-13)17(19)18-15-8-10-16(20-3)11-9-15/h4-12H,1-3H3,(H,18,19). The first-order valence-electron chi connectivity index (χ1n) is 6.65. The summed E-state index contributed by atoms with van der Waals surface area (Å²) in [5.41, 5.74) is 2.64. The van der Waals surface area contributed by atoms with E-state index in [-0.39, 0.29) is 5.91 Å². The van der Waals surface area contributed by atoms with Crippen LogP contribution in [0.25, 0.3) is 0 Å².